The number of morpholine rings is 1. The Kier molecular flexibility index (Phi) is 4.46. The van der Waals surface area contributed by atoms with Gasteiger partial charge in [0.25, 0.3) is 5.82 Å². The first-order valence-electron chi connectivity index (χ1n) is 10.1. The summed E-state index contributed by atoms with van der Waals surface area (Å²) in [4.78, 5) is 31.2. The maximum absolute atomic E-state index is 12.8. The molecule has 0 radical (unpaired) electrons. The van der Waals surface area contributed by atoms with Gasteiger partial charge in [0, 0.05) is 38.1 Å². The molecule has 1 aromatic heterocycles. The van der Waals surface area contributed by atoms with Crippen molar-refractivity contribution in [3.63, 3.8) is 0 Å². The summed E-state index contributed by atoms with van der Waals surface area (Å²) in [5.41, 5.74) is 0.0776. The Morgan fingerprint density at radius 2 is 2.07 bits per heavy atom. The van der Waals surface area contributed by atoms with E-state index < -0.39 is 12.0 Å². The average molecular weight is 428 g/mol. The number of urea groups is 1. The summed E-state index contributed by atoms with van der Waals surface area (Å²) in [5, 5.41) is 6.40. The van der Waals surface area contributed by atoms with Gasteiger partial charge in [-0.25, -0.2) is 9.78 Å². The molecule has 3 aliphatic heterocycles. The molecule has 0 bridgehead atoms. The number of nitrogens with zero attached hydrogens (tertiary/aromatic N) is 5. The van der Waals surface area contributed by atoms with Crippen LogP contribution in [-0.2, 0) is 22.3 Å². The largest absolute Gasteiger partial charge is 0.453 e. The van der Waals surface area contributed by atoms with E-state index in [1.54, 1.807) is 4.90 Å². The van der Waals surface area contributed by atoms with Gasteiger partial charge >= 0.3 is 12.2 Å². The Hall–Kier alpha value is -2.37. The Morgan fingerprint density at radius 3 is 2.77 bits per heavy atom. The zero-order chi connectivity index (χ0) is 21.1. The Balaban J connectivity index is 1.08. The van der Waals surface area contributed by atoms with Gasteiger partial charge in [0.05, 0.1) is 12.1 Å². The number of hydrogen-bond donors (Lipinski definition) is 1. The molecule has 12 heteroatoms. The number of fused-ring (bicyclic) bond motifs is 1. The van der Waals surface area contributed by atoms with Crippen LogP contribution in [0.15, 0.2) is 6.33 Å². The van der Waals surface area contributed by atoms with Gasteiger partial charge in [-0.2, -0.15) is 13.2 Å². The van der Waals surface area contributed by atoms with E-state index in [-0.39, 0.29) is 42.0 Å². The molecule has 4 heterocycles. The lowest BCUT2D eigenvalue weighted by Gasteiger charge is -2.59. The highest BCUT2D eigenvalue weighted by Crippen LogP contribution is 2.52. The summed E-state index contributed by atoms with van der Waals surface area (Å²) in [6.45, 7) is 2.89. The van der Waals surface area contributed by atoms with Crippen LogP contribution in [0.3, 0.4) is 0 Å². The number of amides is 3. The number of carbonyl (C=O) groups is 2. The van der Waals surface area contributed by atoms with Crippen molar-refractivity contribution in [2.45, 2.75) is 44.1 Å². The fraction of sp³-hybridized carbons (Fsp3) is 0.778. The number of carbonyl (C=O) groups excluding carboxylic acids is 2. The fourth-order valence-electron chi connectivity index (χ4n) is 5.30. The van der Waals surface area contributed by atoms with Crippen LogP contribution < -0.4 is 5.32 Å². The molecule has 1 aliphatic carbocycles. The predicted molar refractivity (Wildman–Crippen MR) is 95.0 cm³/mol. The second-order valence-corrected chi connectivity index (χ2v) is 8.96. The third kappa shape index (κ3) is 3.50. The van der Waals surface area contributed by atoms with Gasteiger partial charge in [-0.05, 0) is 25.2 Å². The topological polar surface area (TPSA) is 92.6 Å². The van der Waals surface area contributed by atoms with Crippen LogP contribution in [0.2, 0.25) is 0 Å². The molecule has 1 spiro atoms. The van der Waals surface area contributed by atoms with E-state index in [0.717, 1.165) is 19.2 Å². The molecule has 9 nitrogen and oxygen atoms in total. The highest BCUT2D eigenvalue weighted by molar-refractivity contribution is 5.79. The van der Waals surface area contributed by atoms with E-state index in [1.165, 1.54) is 4.68 Å². The molecule has 1 saturated carbocycles. The van der Waals surface area contributed by atoms with Gasteiger partial charge in [-0.1, -0.05) is 0 Å². The van der Waals surface area contributed by atoms with Crippen molar-refractivity contribution in [3.05, 3.63) is 12.2 Å². The lowest BCUT2D eigenvalue weighted by molar-refractivity contribution is -0.145. The van der Waals surface area contributed by atoms with Crippen LogP contribution in [-0.4, -0.2) is 81.4 Å². The number of aromatic nitrogens is 3. The maximum Gasteiger partial charge on any atom is 0.453 e. The van der Waals surface area contributed by atoms with E-state index >= 15 is 0 Å². The van der Waals surface area contributed by atoms with Crippen molar-refractivity contribution in [1.29, 1.82) is 0 Å². The summed E-state index contributed by atoms with van der Waals surface area (Å²) in [6, 6.07) is -0.176. The van der Waals surface area contributed by atoms with Crippen LogP contribution in [0.4, 0.5) is 18.0 Å². The van der Waals surface area contributed by atoms with E-state index in [2.05, 4.69) is 15.4 Å². The second-order valence-electron chi connectivity index (χ2n) is 8.96. The average Bonchev–Trinajstić information content (AvgIpc) is 3.10. The van der Waals surface area contributed by atoms with Gasteiger partial charge in [0.15, 0.2) is 0 Å². The summed E-state index contributed by atoms with van der Waals surface area (Å²) >= 11 is 0. The smallest absolute Gasteiger partial charge is 0.366 e. The van der Waals surface area contributed by atoms with Crippen molar-refractivity contribution in [2.75, 3.05) is 32.8 Å². The number of alkyl halides is 3. The molecule has 1 N–H and O–H groups in total. The summed E-state index contributed by atoms with van der Waals surface area (Å²) in [7, 11) is 0. The van der Waals surface area contributed by atoms with Gasteiger partial charge in [-0.3, -0.25) is 9.48 Å². The van der Waals surface area contributed by atoms with Crippen LogP contribution in [0.1, 0.15) is 25.1 Å². The van der Waals surface area contributed by atoms with Crippen LogP contribution >= 0.6 is 0 Å². The first kappa shape index (κ1) is 19.6. The summed E-state index contributed by atoms with van der Waals surface area (Å²) in [5.74, 6) is -1.01. The highest BCUT2D eigenvalue weighted by atomic mass is 19.4. The first-order chi connectivity index (χ1) is 14.2. The number of ether oxygens (including phenoxy) is 1. The quantitative estimate of drug-likeness (QED) is 0.750. The van der Waals surface area contributed by atoms with Crippen molar-refractivity contribution in [3.8, 4) is 0 Å². The van der Waals surface area contributed by atoms with Crippen molar-refractivity contribution in [1.82, 2.24) is 29.9 Å². The van der Waals surface area contributed by atoms with E-state index in [4.69, 9.17) is 4.74 Å². The van der Waals surface area contributed by atoms with Crippen molar-refractivity contribution >= 4 is 11.9 Å². The number of piperidine rings is 1. The van der Waals surface area contributed by atoms with E-state index in [9.17, 15) is 22.8 Å². The van der Waals surface area contributed by atoms with Gasteiger partial charge in [-0.15, -0.1) is 5.10 Å². The molecular weight excluding hydrogens is 405 g/mol. The summed E-state index contributed by atoms with van der Waals surface area (Å²) in [6.07, 6.45) is -0.991. The number of nitrogens with one attached hydrogen (secondary N) is 1. The Morgan fingerprint density at radius 1 is 1.30 bits per heavy atom. The normalized spacial score (nSPS) is 28.6. The summed E-state index contributed by atoms with van der Waals surface area (Å²) < 4.78 is 44.6. The molecule has 4 fully saturated rings. The zero-order valence-corrected chi connectivity index (χ0v) is 16.3. The van der Waals surface area contributed by atoms with E-state index in [0.29, 0.717) is 39.1 Å². The molecule has 30 heavy (non-hydrogen) atoms. The minimum Gasteiger partial charge on any atom is -0.366 e. The lowest BCUT2D eigenvalue weighted by atomic mass is 9.58. The first-order valence-corrected chi connectivity index (χ1v) is 10.1. The van der Waals surface area contributed by atoms with Crippen molar-refractivity contribution in [2.24, 2.45) is 11.3 Å². The van der Waals surface area contributed by atoms with Crippen LogP contribution in [0.5, 0.6) is 0 Å². The van der Waals surface area contributed by atoms with Gasteiger partial charge in [0.1, 0.15) is 12.9 Å². The maximum atomic E-state index is 12.8. The highest BCUT2D eigenvalue weighted by Gasteiger charge is 2.54. The minimum absolute atomic E-state index is 0.0200. The molecule has 5 rings (SSSR count). The fourth-order valence-corrected chi connectivity index (χ4v) is 5.30. The molecule has 2 atom stereocenters. The molecule has 0 unspecified atom stereocenters. The molecule has 3 amide bonds. The number of halogens is 3. The Bertz CT molecular complexity index is 844. The SMILES string of the molecule is O=C1CO[C@H]2CCN(C(=O)N3CC4(CC(Cn5cnc(C(F)(F)F)n5)C4)C3)C[C@H]2N1. The molecule has 1 aromatic rings. The van der Waals surface area contributed by atoms with Gasteiger partial charge in [0.2, 0.25) is 5.91 Å². The van der Waals surface area contributed by atoms with Crippen LogP contribution in [0, 0.1) is 11.3 Å². The number of likely N-dealkylation sites (tertiary alicyclic amines) is 2. The molecule has 0 aromatic carbocycles. The third-order valence-electron chi connectivity index (χ3n) is 6.60. The second kappa shape index (κ2) is 6.82. The van der Waals surface area contributed by atoms with E-state index in [1.807, 2.05) is 4.90 Å². The minimum atomic E-state index is -4.53. The molecule has 4 aliphatic rings. The van der Waals surface area contributed by atoms with Crippen LogP contribution in [0.25, 0.3) is 0 Å². The standard InChI is InChI=1S/C18H23F3N6O3/c19-18(20,21)15-22-10-27(24-15)5-11-3-17(4-11)8-26(9-17)16(29)25-2-1-13-12(6-25)23-14(28)7-30-13/h10-13H,1-9H2,(H,23,28)/t12-,13+/m1/s1. The number of rotatable bonds is 2. The molecule has 164 valence electrons. The predicted octanol–water partition coefficient (Wildman–Crippen LogP) is 0.718. The van der Waals surface area contributed by atoms with Crippen molar-refractivity contribution < 1.29 is 27.5 Å². The number of hydrogen-bond acceptors (Lipinski definition) is 5. The third-order valence-corrected chi connectivity index (χ3v) is 6.60. The monoisotopic (exact) mass is 428 g/mol. The molecule has 3 saturated heterocycles. The van der Waals surface area contributed by atoms with Gasteiger partial charge < -0.3 is 19.9 Å². The molecular formula is C18H23F3N6O3. The lowest BCUT2D eigenvalue weighted by Crippen LogP contribution is -2.68. The zero-order valence-electron chi connectivity index (χ0n) is 16.3. The Labute approximate surface area is 170 Å².